The summed E-state index contributed by atoms with van der Waals surface area (Å²) >= 11 is 2.43. The van der Waals surface area contributed by atoms with Crippen LogP contribution in [0.25, 0.3) is 11.5 Å². The van der Waals surface area contributed by atoms with Gasteiger partial charge in [0.05, 0.1) is 11.4 Å². The summed E-state index contributed by atoms with van der Waals surface area (Å²) in [6.07, 6.45) is 0. The normalized spacial score (nSPS) is 10.9. The van der Waals surface area contributed by atoms with E-state index >= 15 is 0 Å². The number of hydrogen-bond acceptors (Lipinski definition) is 8. The van der Waals surface area contributed by atoms with E-state index in [0.29, 0.717) is 10.7 Å². The molecule has 2 heterocycles. The lowest BCUT2D eigenvalue weighted by Crippen LogP contribution is -2.13. The number of aromatic nitrogens is 3. The number of thioether (sulfide) groups is 1. The average Bonchev–Trinajstić information content (AvgIpc) is 3.22. The second-order valence-electron chi connectivity index (χ2n) is 4.91. The van der Waals surface area contributed by atoms with Crippen LogP contribution in [-0.4, -0.2) is 33.5 Å². The summed E-state index contributed by atoms with van der Waals surface area (Å²) in [6, 6.07) is 5.80. The fraction of sp³-hybridized carbons (Fsp3) is 0.200. The minimum absolute atomic E-state index is 0.0342. The molecule has 0 spiro atoms. The monoisotopic (exact) mass is 398 g/mol. The number of hydrogen-bond donors (Lipinski definition) is 1. The van der Waals surface area contributed by atoms with Crippen molar-refractivity contribution in [1.82, 2.24) is 15.2 Å². The minimum atomic E-state index is -2.88. The van der Waals surface area contributed by atoms with E-state index in [1.165, 1.54) is 35.6 Å². The fourth-order valence-electron chi connectivity index (χ4n) is 1.86. The van der Waals surface area contributed by atoms with E-state index in [1.807, 2.05) is 12.3 Å². The predicted molar refractivity (Wildman–Crippen MR) is 92.6 cm³/mol. The molecule has 0 radical (unpaired) electrons. The van der Waals surface area contributed by atoms with Crippen molar-refractivity contribution in [3.8, 4) is 17.2 Å². The molecule has 1 N–H and O–H groups in total. The van der Waals surface area contributed by atoms with Crippen LogP contribution in [0.15, 0.2) is 39.3 Å². The molecule has 0 saturated carbocycles. The van der Waals surface area contributed by atoms with Crippen LogP contribution in [0, 0.1) is 6.92 Å². The largest absolute Gasteiger partial charge is 0.435 e. The Morgan fingerprint density at radius 2 is 2.12 bits per heavy atom. The number of aryl methyl sites for hydroxylation is 1. The van der Waals surface area contributed by atoms with Gasteiger partial charge in [0.1, 0.15) is 5.75 Å². The molecule has 3 rings (SSSR count). The Balaban J connectivity index is 1.55. The van der Waals surface area contributed by atoms with E-state index in [2.05, 4.69) is 25.2 Å². The Labute approximate surface area is 154 Å². The Morgan fingerprint density at radius 3 is 2.77 bits per heavy atom. The molecular weight excluding hydrogens is 386 g/mol. The Bertz CT molecular complexity index is 883. The lowest BCUT2D eigenvalue weighted by Gasteiger charge is -2.03. The number of anilines is 1. The zero-order valence-corrected chi connectivity index (χ0v) is 14.9. The first-order chi connectivity index (χ1) is 12.5. The fourth-order valence-corrected chi connectivity index (χ4v) is 3.13. The van der Waals surface area contributed by atoms with E-state index in [-0.39, 0.29) is 28.5 Å². The average molecular weight is 398 g/mol. The van der Waals surface area contributed by atoms with Gasteiger partial charge in [0.25, 0.3) is 5.22 Å². The highest BCUT2D eigenvalue weighted by Crippen LogP contribution is 2.25. The molecule has 0 aliphatic rings. The number of thiazole rings is 1. The highest BCUT2D eigenvalue weighted by Gasteiger charge is 2.13. The van der Waals surface area contributed by atoms with Crippen LogP contribution in [0.2, 0.25) is 0 Å². The summed E-state index contributed by atoms with van der Waals surface area (Å²) < 4.78 is 34.0. The van der Waals surface area contributed by atoms with Crippen LogP contribution in [0.4, 0.5) is 13.9 Å². The third-order valence-corrected chi connectivity index (χ3v) is 4.62. The van der Waals surface area contributed by atoms with Crippen LogP contribution in [0.3, 0.4) is 0 Å². The van der Waals surface area contributed by atoms with Crippen LogP contribution in [-0.2, 0) is 4.79 Å². The lowest BCUT2D eigenvalue weighted by molar-refractivity contribution is -0.113. The van der Waals surface area contributed by atoms with Crippen LogP contribution in [0.5, 0.6) is 5.75 Å². The Hall–Kier alpha value is -2.53. The molecule has 26 heavy (non-hydrogen) atoms. The van der Waals surface area contributed by atoms with Crippen molar-refractivity contribution in [2.45, 2.75) is 18.8 Å². The van der Waals surface area contributed by atoms with E-state index in [9.17, 15) is 13.6 Å². The molecule has 0 fully saturated rings. The molecule has 1 aromatic carbocycles. The van der Waals surface area contributed by atoms with Crippen LogP contribution in [0.1, 0.15) is 5.69 Å². The number of halogens is 2. The number of carbonyl (C=O) groups is 1. The zero-order valence-electron chi connectivity index (χ0n) is 13.3. The molecule has 0 atom stereocenters. The molecule has 11 heteroatoms. The Morgan fingerprint density at radius 1 is 1.35 bits per heavy atom. The quantitative estimate of drug-likeness (QED) is 0.605. The molecule has 1 amide bonds. The number of rotatable bonds is 7. The van der Waals surface area contributed by atoms with Crippen molar-refractivity contribution < 1.29 is 22.7 Å². The summed E-state index contributed by atoms with van der Waals surface area (Å²) in [5.74, 6) is 0.0955. The van der Waals surface area contributed by atoms with Gasteiger partial charge < -0.3 is 14.5 Å². The zero-order chi connectivity index (χ0) is 18.5. The Kier molecular flexibility index (Phi) is 5.78. The highest BCUT2D eigenvalue weighted by atomic mass is 32.2. The maximum Gasteiger partial charge on any atom is 0.387 e. The van der Waals surface area contributed by atoms with E-state index < -0.39 is 6.61 Å². The van der Waals surface area contributed by atoms with Crippen molar-refractivity contribution >= 4 is 34.1 Å². The maximum absolute atomic E-state index is 12.1. The maximum atomic E-state index is 12.1. The van der Waals surface area contributed by atoms with Gasteiger partial charge in [0.15, 0.2) is 5.13 Å². The lowest BCUT2D eigenvalue weighted by atomic mass is 10.2. The van der Waals surface area contributed by atoms with Crippen molar-refractivity contribution in [1.29, 1.82) is 0 Å². The number of alkyl halides is 2. The van der Waals surface area contributed by atoms with Crippen molar-refractivity contribution in [3.05, 3.63) is 35.3 Å². The van der Waals surface area contributed by atoms with E-state index in [0.717, 1.165) is 17.5 Å². The predicted octanol–water partition coefficient (Wildman–Crippen LogP) is 3.83. The summed E-state index contributed by atoms with van der Waals surface area (Å²) in [4.78, 5) is 16.0. The molecular formula is C15H12F2N4O3S2. The van der Waals surface area contributed by atoms with Gasteiger partial charge in [-0.25, -0.2) is 4.98 Å². The molecule has 7 nitrogen and oxygen atoms in total. The molecule has 0 bridgehead atoms. The summed E-state index contributed by atoms with van der Waals surface area (Å²) in [6.45, 7) is -1.04. The summed E-state index contributed by atoms with van der Waals surface area (Å²) in [5, 5.41) is 13.0. The van der Waals surface area contributed by atoms with Gasteiger partial charge in [0.2, 0.25) is 11.8 Å². The molecule has 3 aromatic rings. The van der Waals surface area contributed by atoms with Crippen molar-refractivity contribution in [3.63, 3.8) is 0 Å². The van der Waals surface area contributed by atoms with Gasteiger partial charge in [-0.2, -0.15) is 8.78 Å². The van der Waals surface area contributed by atoms with Gasteiger partial charge in [-0.15, -0.1) is 21.5 Å². The van der Waals surface area contributed by atoms with E-state index in [4.69, 9.17) is 4.42 Å². The smallest absolute Gasteiger partial charge is 0.387 e. The number of nitrogens with zero attached hydrogens (tertiary/aromatic N) is 3. The molecule has 0 aliphatic carbocycles. The van der Waals surface area contributed by atoms with E-state index in [1.54, 1.807) is 0 Å². The number of ether oxygens (including phenoxy) is 1. The highest BCUT2D eigenvalue weighted by molar-refractivity contribution is 7.99. The molecule has 0 saturated heterocycles. The van der Waals surface area contributed by atoms with Gasteiger partial charge in [-0.1, -0.05) is 11.8 Å². The van der Waals surface area contributed by atoms with Crippen molar-refractivity contribution in [2.75, 3.05) is 11.1 Å². The first kappa shape index (κ1) is 18.3. The topological polar surface area (TPSA) is 90.1 Å². The van der Waals surface area contributed by atoms with Crippen molar-refractivity contribution in [2.24, 2.45) is 0 Å². The molecule has 0 aliphatic heterocycles. The first-order valence-corrected chi connectivity index (χ1v) is 9.09. The third-order valence-electron chi connectivity index (χ3n) is 2.92. The SMILES string of the molecule is Cc1csc(NC(=O)CSc2nnc(-c3ccc(OC(F)F)cc3)o2)n1. The van der Waals surface area contributed by atoms with Gasteiger partial charge in [0, 0.05) is 10.9 Å². The second-order valence-corrected chi connectivity index (χ2v) is 6.69. The van der Waals surface area contributed by atoms with Crippen LogP contribution < -0.4 is 10.1 Å². The minimum Gasteiger partial charge on any atom is -0.435 e. The molecule has 2 aromatic heterocycles. The van der Waals surface area contributed by atoms with Gasteiger partial charge >= 0.3 is 6.61 Å². The molecule has 136 valence electrons. The number of benzene rings is 1. The number of nitrogens with one attached hydrogen (secondary N) is 1. The van der Waals surface area contributed by atoms with Gasteiger partial charge in [-0.05, 0) is 31.2 Å². The number of amides is 1. The third kappa shape index (κ3) is 4.99. The van der Waals surface area contributed by atoms with Crippen LogP contribution >= 0.6 is 23.1 Å². The first-order valence-electron chi connectivity index (χ1n) is 7.23. The standard InChI is InChI=1S/C15H12F2N4O3S2/c1-8-6-25-14(18-8)19-11(22)7-26-15-21-20-12(24-15)9-2-4-10(5-3-9)23-13(16)17/h2-6,13H,7H2,1H3,(H,18,19,22). The van der Waals surface area contributed by atoms with Gasteiger partial charge in [-0.3, -0.25) is 4.79 Å². The number of carbonyl (C=O) groups excluding carboxylic acids is 1. The summed E-state index contributed by atoms with van der Waals surface area (Å²) in [5.41, 5.74) is 1.39. The molecule has 0 unspecified atom stereocenters. The summed E-state index contributed by atoms with van der Waals surface area (Å²) in [7, 11) is 0. The second kappa shape index (κ2) is 8.23.